The van der Waals surface area contributed by atoms with Crippen LogP contribution in [0.2, 0.25) is 0 Å². The molecule has 0 aromatic heterocycles. The first kappa shape index (κ1) is 13.8. The molecule has 15 heavy (non-hydrogen) atoms. The summed E-state index contributed by atoms with van der Waals surface area (Å²) in [4.78, 5) is 21.0. The minimum Gasteiger partial charge on any atom is -0.481 e. The number of primary amides is 1. The number of nitrogens with one attached hydrogen (secondary N) is 1. The highest BCUT2D eigenvalue weighted by molar-refractivity contribution is 7.89. The van der Waals surface area contributed by atoms with Gasteiger partial charge in [0.05, 0.1) is 12.2 Å². The average molecular weight is 238 g/mol. The summed E-state index contributed by atoms with van der Waals surface area (Å²) in [5.41, 5.74) is 3.53. The van der Waals surface area contributed by atoms with Gasteiger partial charge < -0.3 is 10.8 Å². The van der Waals surface area contributed by atoms with E-state index in [0.717, 1.165) is 0 Å². The van der Waals surface area contributed by atoms with Crippen molar-refractivity contribution in [1.82, 2.24) is 4.72 Å². The number of sulfonamides is 1. The zero-order valence-corrected chi connectivity index (χ0v) is 9.30. The summed E-state index contributed by atoms with van der Waals surface area (Å²) in [5.74, 6) is -2.64. The predicted octanol–water partition coefficient (Wildman–Crippen LogP) is -1.36. The molecular weight excluding hydrogens is 224 g/mol. The fourth-order valence-corrected chi connectivity index (χ4v) is 2.14. The van der Waals surface area contributed by atoms with Gasteiger partial charge in [0.25, 0.3) is 0 Å². The zero-order chi connectivity index (χ0) is 12.3. The lowest BCUT2D eigenvalue weighted by atomic mass is 10.1. The Balaban J connectivity index is 4.52. The molecule has 8 heteroatoms. The van der Waals surface area contributed by atoms with Crippen LogP contribution in [0.1, 0.15) is 20.3 Å². The molecule has 0 aromatic carbocycles. The van der Waals surface area contributed by atoms with E-state index in [1.54, 1.807) is 0 Å². The van der Waals surface area contributed by atoms with Gasteiger partial charge in [-0.05, 0) is 13.8 Å². The van der Waals surface area contributed by atoms with Crippen molar-refractivity contribution in [2.45, 2.75) is 25.8 Å². The number of carbonyl (C=O) groups is 2. The summed E-state index contributed by atoms with van der Waals surface area (Å²) in [5, 5.41) is 8.30. The van der Waals surface area contributed by atoms with Crippen LogP contribution in [0.25, 0.3) is 0 Å². The molecule has 88 valence electrons. The molecule has 0 unspecified atom stereocenters. The highest BCUT2D eigenvalue weighted by Gasteiger charge is 2.30. The Morgan fingerprint density at radius 1 is 1.40 bits per heavy atom. The number of aliphatic carboxylic acids is 1. The van der Waals surface area contributed by atoms with Crippen molar-refractivity contribution in [3.8, 4) is 0 Å². The molecule has 0 aliphatic rings. The van der Waals surface area contributed by atoms with Gasteiger partial charge in [0.2, 0.25) is 15.9 Å². The summed E-state index contributed by atoms with van der Waals surface area (Å²) in [6.07, 6.45) is -0.524. The van der Waals surface area contributed by atoms with Gasteiger partial charge in [0, 0.05) is 0 Å². The lowest BCUT2D eigenvalue weighted by molar-refractivity contribution is -0.136. The molecule has 0 saturated heterocycles. The Bertz CT molecular complexity index is 360. The quantitative estimate of drug-likeness (QED) is 0.527. The molecule has 0 aromatic rings. The first-order valence-electron chi connectivity index (χ1n) is 4.10. The molecule has 0 aliphatic carbocycles. The second-order valence-corrected chi connectivity index (χ2v) is 5.40. The maximum atomic E-state index is 11.3. The second-order valence-electron chi connectivity index (χ2n) is 3.55. The normalized spacial score (nSPS) is 12.4. The third-order valence-electron chi connectivity index (χ3n) is 1.61. The van der Waals surface area contributed by atoms with Crippen molar-refractivity contribution < 1.29 is 23.1 Å². The molecule has 0 bridgehead atoms. The van der Waals surface area contributed by atoms with E-state index in [4.69, 9.17) is 10.8 Å². The van der Waals surface area contributed by atoms with E-state index in [0.29, 0.717) is 0 Å². The maximum Gasteiger partial charge on any atom is 0.304 e. The van der Waals surface area contributed by atoms with Gasteiger partial charge >= 0.3 is 5.97 Å². The van der Waals surface area contributed by atoms with E-state index in [9.17, 15) is 18.0 Å². The van der Waals surface area contributed by atoms with E-state index in [1.165, 1.54) is 13.8 Å². The van der Waals surface area contributed by atoms with Crippen LogP contribution in [0, 0.1) is 0 Å². The minimum absolute atomic E-state index is 0.524. The maximum absolute atomic E-state index is 11.3. The fourth-order valence-electron chi connectivity index (χ4n) is 0.712. The second kappa shape index (κ2) is 4.58. The summed E-state index contributed by atoms with van der Waals surface area (Å²) in [7, 11) is -3.81. The van der Waals surface area contributed by atoms with Gasteiger partial charge in [-0.3, -0.25) is 9.59 Å². The number of carboxylic acids is 1. The van der Waals surface area contributed by atoms with Crippen LogP contribution in [0.3, 0.4) is 0 Å². The van der Waals surface area contributed by atoms with Crippen molar-refractivity contribution in [2.75, 3.05) is 5.75 Å². The first-order valence-corrected chi connectivity index (χ1v) is 5.75. The zero-order valence-electron chi connectivity index (χ0n) is 8.48. The highest BCUT2D eigenvalue weighted by atomic mass is 32.2. The first-order chi connectivity index (χ1) is 6.57. The lowest BCUT2D eigenvalue weighted by Crippen LogP contribution is -2.53. The molecule has 0 aliphatic heterocycles. The van der Waals surface area contributed by atoms with Crippen LogP contribution >= 0.6 is 0 Å². The van der Waals surface area contributed by atoms with Gasteiger partial charge in [0.15, 0.2) is 0 Å². The molecule has 0 saturated carbocycles. The topological polar surface area (TPSA) is 127 Å². The lowest BCUT2D eigenvalue weighted by Gasteiger charge is -2.21. The van der Waals surface area contributed by atoms with Crippen LogP contribution < -0.4 is 10.5 Å². The van der Waals surface area contributed by atoms with Crippen LogP contribution in [0.4, 0.5) is 0 Å². The van der Waals surface area contributed by atoms with Gasteiger partial charge in [0.1, 0.15) is 5.54 Å². The molecule has 0 spiro atoms. The molecule has 0 heterocycles. The third-order valence-corrected chi connectivity index (χ3v) is 3.17. The number of rotatable bonds is 6. The van der Waals surface area contributed by atoms with Crippen LogP contribution in [0.15, 0.2) is 0 Å². The molecular formula is C7H14N2O5S. The smallest absolute Gasteiger partial charge is 0.304 e. The summed E-state index contributed by atoms with van der Waals surface area (Å²) in [6.45, 7) is 2.60. The number of nitrogens with two attached hydrogens (primary N) is 1. The summed E-state index contributed by atoms with van der Waals surface area (Å²) >= 11 is 0. The van der Waals surface area contributed by atoms with Crippen molar-refractivity contribution in [1.29, 1.82) is 0 Å². The van der Waals surface area contributed by atoms with Crippen LogP contribution in [0.5, 0.6) is 0 Å². The third kappa shape index (κ3) is 5.33. The van der Waals surface area contributed by atoms with Crippen LogP contribution in [-0.4, -0.2) is 36.7 Å². The number of amides is 1. The fraction of sp³-hybridized carbons (Fsp3) is 0.714. The Kier molecular flexibility index (Phi) is 4.23. The summed E-state index contributed by atoms with van der Waals surface area (Å²) in [6, 6.07) is 0. The predicted molar refractivity (Wildman–Crippen MR) is 52.4 cm³/mol. The molecule has 7 nitrogen and oxygen atoms in total. The van der Waals surface area contributed by atoms with E-state index >= 15 is 0 Å². The largest absolute Gasteiger partial charge is 0.481 e. The van der Waals surface area contributed by atoms with Gasteiger partial charge in [-0.25, -0.2) is 13.1 Å². The van der Waals surface area contributed by atoms with E-state index in [2.05, 4.69) is 0 Å². The van der Waals surface area contributed by atoms with Gasteiger partial charge in [-0.1, -0.05) is 0 Å². The van der Waals surface area contributed by atoms with Crippen molar-refractivity contribution in [3.63, 3.8) is 0 Å². The van der Waals surface area contributed by atoms with Crippen molar-refractivity contribution >= 4 is 21.9 Å². The molecule has 0 rings (SSSR count). The monoisotopic (exact) mass is 238 g/mol. The summed E-state index contributed by atoms with van der Waals surface area (Å²) < 4.78 is 24.6. The highest BCUT2D eigenvalue weighted by Crippen LogP contribution is 2.04. The Hall–Kier alpha value is -1.15. The average Bonchev–Trinajstić information content (AvgIpc) is 1.99. The van der Waals surface area contributed by atoms with Gasteiger partial charge in [-0.15, -0.1) is 0 Å². The number of carboxylic acid groups (broad SMARTS) is 1. The number of hydrogen-bond donors (Lipinski definition) is 3. The SMILES string of the molecule is CC(C)(NS(=O)(=O)CCC(=O)O)C(N)=O. The van der Waals surface area contributed by atoms with E-state index in [-0.39, 0.29) is 0 Å². The Labute approximate surface area is 87.7 Å². The van der Waals surface area contributed by atoms with Crippen molar-refractivity contribution in [3.05, 3.63) is 0 Å². The Morgan fingerprint density at radius 2 is 1.87 bits per heavy atom. The Morgan fingerprint density at radius 3 is 2.20 bits per heavy atom. The molecule has 0 radical (unpaired) electrons. The molecule has 0 fully saturated rings. The van der Waals surface area contributed by atoms with Crippen LogP contribution in [-0.2, 0) is 19.6 Å². The minimum atomic E-state index is -3.81. The number of hydrogen-bond acceptors (Lipinski definition) is 4. The standard InChI is InChI=1S/C7H14N2O5S/c1-7(2,6(8)12)9-15(13,14)4-3-5(10)11/h9H,3-4H2,1-2H3,(H2,8,12)(H,10,11). The van der Waals surface area contributed by atoms with Gasteiger partial charge in [-0.2, -0.15) is 0 Å². The molecule has 0 atom stereocenters. The number of carbonyl (C=O) groups excluding carboxylic acids is 1. The molecule has 4 N–H and O–H groups in total. The van der Waals surface area contributed by atoms with Crippen molar-refractivity contribution in [2.24, 2.45) is 5.73 Å². The van der Waals surface area contributed by atoms with E-state index < -0.39 is 39.6 Å². The van der Waals surface area contributed by atoms with E-state index in [1.807, 2.05) is 4.72 Å². The molecule has 1 amide bonds.